The monoisotopic (exact) mass is 190 g/mol. The van der Waals surface area contributed by atoms with Crippen molar-refractivity contribution in [2.45, 2.75) is 6.54 Å². The van der Waals surface area contributed by atoms with E-state index in [1.54, 1.807) is 17.6 Å². The highest BCUT2D eigenvalue weighted by Gasteiger charge is 2.08. The third-order valence-corrected chi connectivity index (χ3v) is 2.18. The van der Waals surface area contributed by atoms with E-state index in [0.717, 1.165) is 11.1 Å². The van der Waals surface area contributed by atoms with Crippen LogP contribution in [0.3, 0.4) is 0 Å². The number of hydroxylamine groups is 1. The summed E-state index contributed by atoms with van der Waals surface area (Å²) in [6.45, 7) is 0.707. The van der Waals surface area contributed by atoms with Crippen LogP contribution in [0.4, 0.5) is 0 Å². The van der Waals surface area contributed by atoms with Crippen molar-refractivity contribution in [1.82, 2.24) is 10.8 Å². The van der Waals surface area contributed by atoms with Gasteiger partial charge in [-0.15, -0.1) is 0 Å². The molecule has 2 rings (SSSR count). The smallest absolute Gasteiger partial charge is 0.274 e. The van der Waals surface area contributed by atoms with Gasteiger partial charge in [-0.05, 0) is 35.5 Å². The van der Waals surface area contributed by atoms with Gasteiger partial charge in [-0.1, -0.05) is 6.07 Å². The molecule has 14 heavy (non-hydrogen) atoms. The molecule has 0 saturated carbocycles. The average molecular weight is 190 g/mol. The zero-order chi connectivity index (χ0) is 9.97. The number of hydrogen-bond donors (Lipinski definition) is 3. The molecule has 0 radical (unpaired) electrons. The third-order valence-electron chi connectivity index (χ3n) is 2.18. The van der Waals surface area contributed by atoms with Crippen LogP contribution in [0.5, 0.6) is 0 Å². The van der Waals surface area contributed by atoms with Crippen LogP contribution < -0.4 is 10.8 Å². The Hall–Kier alpha value is -1.81. The van der Waals surface area contributed by atoms with E-state index in [2.05, 4.69) is 5.32 Å². The highest BCUT2D eigenvalue weighted by molar-refractivity contribution is 5.93. The summed E-state index contributed by atoms with van der Waals surface area (Å²) in [5.74, 6) is -0.484. The molecule has 0 spiro atoms. The van der Waals surface area contributed by atoms with Crippen LogP contribution in [0.15, 0.2) is 24.4 Å². The second kappa shape index (κ2) is 3.51. The van der Waals surface area contributed by atoms with E-state index < -0.39 is 5.91 Å². The molecule has 1 aromatic rings. The van der Waals surface area contributed by atoms with Crippen LogP contribution in [0.2, 0.25) is 0 Å². The number of carbonyl (C=O) groups is 1. The van der Waals surface area contributed by atoms with Crippen molar-refractivity contribution in [1.29, 1.82) is 0 Å². The van der Waals surface area contributed by atoms with Gasteiger partial charge >= 0.3 is 0 Å². The normalized spacial score (nSPS) is 12.9. The van der Waals surface area contributed by atoms with E-state index in [1.807, 2.05) is 18.3 Å². The Labute approximate surface area is 81.2 Å². The SMILES string of the molecule is O=C(NO)c1ccc2c(c1)CNC=C2. The predicted molar refractivity (Wildman–Crippen MR) is 51.6 cm³/mol. The average Bonchev–Trinajstić information content (AvgIpc) is 2.27. The van der Waals surface area contributed by atoms with Crippen molar-refractivity contribution in [2.75, 3.05) is 0 Å². The molecule has 0 fully saturated rings. The standard InChI is InChI=1S/C10H10N2O2/c13-10(12-14)8-2-1-7-3-4-11-6-9(7)5-8/h1-5,11,14H,6H2,(H,12,13). The summed E-state index contributed by atoms with van der Waals surface area (Å²) in [5, 5.41) is 11.5. The molecule has 72 valence electrons. The molecule has 4 nitrogen and oxygen atoms in total. The summed E-state index contributed by atoms with van der Waals surface area (Å²) in [4.78, 5) is 11.1. The highest BCUT2D eigenvalue weighted by Crippen LogP contribution is 2.16. The van der Waals surface area contributed by atoms with Gasteiger partial charge in [0.2, 0.25) is 0 Å². The summed E-state index contributed by atoms with van der Waals surface area (Å²) in [5.41, 5.74) is 4.22. The number of nitrogens with one attached hydrogen (secondary N) is 2. The van der Waals surface area contributed by atoms with Crippen LogP contribution >= 0.6 is 0 Å². The summed E-state index contributed by atoms with van der Waals surface area (Å²) in [6, 6.07) is 5.30. The minimum absolute atomic E-state index is 0.461. The second-order valence-corrected chi connectivity index (χ2v) is 3.07. The lowest BCUT2D eigenvalue weighted by Crippen LogP contribution is -2.19. The summed E-state index contributed by atoms with van der Waals surface area (Å²) >= 11 is 0. The molecule has 1 aliphatic heterocycles. The quantitative estimate of drug-likeness (QED) is 0.455. The summed E-state index contributed by atoms with van der Waals surface area (Å²) in [7, 11) is 0. The van der Waals surface area contributed by atoms with Gasteiger partial charge < -0.3 is 5.32 Å². The van der Waals surface area contributed by atoms with Gasteiger partial charge in [0.05, 0.1) is 0 Å². The molecule has 4 heteroatoms. The lowest BCUT2D eigenvalue weighted by Gasteiger charge is -2.12. The van der Waals surface area contributed by atoms with Gasteiger partial charge in [-0.2, -0.15) is 0 Å². The minimum atomic E-state index is -0.484. The molecule has 1 amide bonds. The van der Waals surface area contributed by atoms with Crippen molar-refractivity contribution >= 4 is 12.0 Å². The molecule has 1 aromatic carbocycles. The van der Waals surface area contributed by atoms with Gasteiger partial charge in [-0.3, -0.25) is 10.0 Å². The van der Waals surface area contributed by atoms with Crippen molar-refractivity contribution in [3.05, 3.63) is 41.1 Å². The second-order valence-electron chi connectivity index (χ2n) is 3.07. The summed E-state index contributed by atoms with van der Waals surface area (Å²) in [6.07, 6.45) is 3.81. The van der Waals surface area contributed by atoms with Crippen LogP contribution in [0, 0.1) is 0 Å². The molecule has 1 heterocycles. The van der Waals surface area contributed by atoms with Crippen molar-refractivity contribution in [3.8, 4) is 0 Å². The predicted octanol–water partition coefficient (Wildman–Crippen LogP) is 0.880. The number of hydrogen-bond acceptors (Lipinski definition) is 3. The minimum Gasteiger partial charge on any atom is -0.387 e. The molecule has 1 aliphatic rings. The molecule has 0 bridgehead atoms. The van der Waals surface area contributed by atoms with Crippen molar-refractivity contribution in [3.63, 3.8) is 0 Å². The van der Waals surface area contributed by atoms with E-state index >= 15 is 0 Å². The number of fused-ring (bicyclic) bond motifs is 1. The van der Waals surface area contributed by atoms with Crippen LogP contribution in [-0.4, -0.2) is 11.1 Å². The van der Waals surface area contributed by atoms with E-state index in [0.29, 0.717) is 12.1 Å². The largest absolute Gasteiger partial charge is 0.387 e. The first-order chi connectivity index (χ1) is 6.81. The highest BCUT2D eigenvalue weighted by atomic mass is 16.5. The Bertz CT molecular complexity index is 399. The molecule has 0 aliphatic carbocycles. The van der Waals surface area contributed by atoms with E-state index in [-0.39, 0.29) is 0 Å². The fourth-order valence-electron chi connectivity index (χ4n) is 1.44. The first kappa shape index (κ1) is 8.77. The Morgan fingerprint density at radius 1 is 1.50 bits per heavy atom. The Morgan fingerprint density at radius 3 is 3.14 bits per heavy atom. The van der Waals surface area contributed by atoms with Crippen LogP contribution in [0.25, 0.3) is 6.08 Å². The van der Waals surface area contributed by atoms with Crippen molar-refractivity contribution in [2.24, 2.45) is 0 Å². The van der Waals surface area contributed by atoms with E-state index in [4.69, 9.17) is 5.21 Å². The summed E-state index contributed by atoms with van der Waals surface area (Å²) < 4.78 is 0. The maximum atomic E-state index is 11.1. The Balaban J connectivity index is 2.39. The van der Waals surface area contributed by atoms with E-state index in [9.17, 15) is 4.79 Å². The fourth-order valence-corrected chi connectivity index (χ4v) is 1.44. The zero-order valence-corrected chi connectivity index (χ0v) is 7.45. The third kappa shape index (κ3) is 1.47. The van der Waals surface area contributed by atoms with Crippen LogP contribution in [0.1, 0.15) is 21.5 Å². The molecule has 3 N–H and O–H groups in total. The molecule has 0 saturated heterocycles. The fraction of sp³-hybridized carbons (Fsp3) is 0.100. The lowest BCUT2D eigenvalue weighted by atomic mass is 10.0. The van der Waals surface area contributed by atoms with Gasteiger partial charge in [-0.25, -0.2) is 5.48 Å². The van der Waals surface area contributed by atoms with Crippen molar-refractivity contribution < 1.29 is 10.0 Å². The first-order valence-electron chi connectivity index (χ1n) is 4.28. The number of benzene rings is 1. The van der Waals surface area contributed by atoms with Gasteiger partial charge in [0.15, 0.2) is 0 Å². The molecular weight excluding hydrogens is 180 g/mol. The number of carbonyl (C=O) groups excluding carboxylic acids is 1. The topological polar surface area (TPSA) is 61.4 Å². The Kier molecular flexibility index (Phi) is 2.20. The maximum Gasteiger partial charge on any atom is 0.274 e. The Morgan fingerprint density at radius 2 is 2.36 bits per heavy atom. The maximum absolute atomic E-state index is 11.1. The van der Waals surface area contributed by atoms with E-state index in [1.165, 1.54) is 0 Å². The van der Waals surface area contributed by atoms with Gasteiger partial charge in [0.1, 0.15) is 0 Å². The van der Waals surface area contributed by atoms with Gasteiger partial charge in [0, 0.05) is 12.1 Å². The molecule has 0 unspecified atom stereocenters. The number of rotatable bonds is 1. The molecule has 0 aromatic heterocycles. The van der Waals surface area contributed by atoms with Gasteiger partial charge in [0.25, 0.3) is 5.91 Å². The van der Waals surface area contributed by atoms with Crippen LogP contribution in [-0.2, 0) is 6.54 Å². The molecular formula is C10H10N2O2. The zero-order valence-electron chi connectivity index (χ0n) is 7.45. The molecule has 0 atom stereocenters. The first-order valence-corrected chi connectivity index (χ1v) is 4.28. The number of amides is 1. The lowest BCUT2D eigenvalue weighted by molar-refractivity contribution is 0.0706.